The Balaban J connectivity index is -0.000000218. The normalized spacial score (nSPS) is 11.3. The van der Waals surface area contributed by atoms with Gasteiger partial charge in [-0.3, -0.25) is 0 Å². The van der Waals surface area contributed by atoms with Gasteiger partial charge < -0.3 is 29.7 Å². The first kappa shape index (κ1) is 43.7. The molecule has 0 fully saturated rings. The Labute approximate surface area is 256 Å². The molecule has 0 saturated carbocycles. The summed E-state index contributed by atoms with van der Waals surface area (Å²) in [4.78, 5) is 32.6. The summed E-state index contributed by atoms with van der Waals surface area (Å²) < 4.78 is 0. The molecule has 0 rings (SSSR count). The monoisotopic (exact) mass is 652 g/mol. The molecule has 0 atom stereocenters. The summed E-state index contributed by atoms with van der Waals surface area (Å²) in [6, 6.07) is 0. The van der Waals surface area contributed by atoms with E-state index in [9.17, 15) is 29.7 Å². The van der Waals surface area contributed by atoms with Crippen LogP contribution in [0.25, 0.3) is 0 Å². The Morgan fingerprint density at radius 3 is 0.676 bits per heavy atom. The van der Waals surface area contributed by atoms with E-state index in [2.05, 4.69) is 20.8 Å². The summed E-state index contributed by atoms with van der Waals surface area (Å²) in [6.45, 7) is 17.8. The molecule has 37 heavy (non-hydrogen) atoms. The van der Waals surface area contributed by atoms with Crippen molar-refractivity contribution in [1.29, 1.82) is 0 Å². The van der Waals surface area contributed by atoms with Crippen molar-refractivity contribution in [3.63, 3.8) is 0 Å². The van der Waals surface area contributed by atoms with Crippen LogP contribution in [0, 0.1) is 51.8 Å². The number of unbranched alkanes of at least 4 members (excludes halogenated alkanes) is 3. The van der Waals surface area contributed by atoms with Gasteiger partial charge in [0.05, 0.1) is 0 Å². The van der Waals surface area contributed by atoms with Crippen molar-refractivity contribution in [3.05, 3.63) is 0 Å². The molecule has 0 unspecified atom stereocenters. The summed E-state index contributed by atoms with van der Waals surface area (Å²) in [5.41, 5.74) is -1.68. The van der Waals surface area contributed by atoms with Crippen LogP contribution in [0.1, 0.15) is 159 Å². The predicted molar refractivity (Wildman–Crippen MR) is 143 cm³/mol. The fraction of sp³-hybridized carbons (Fsp3) is 0.900. The molecule has 0 N–H and O–H groups in total. The Bertz CT molecular complexity index is 498. The summed E-state index contributed by atoms with van der Waals surface area (Å²) in [7, 11) is 0. The second-order valence-electron chi connectivity index (χ2n) is 10.1. The van der Waals surface area contributed by atoms with Crippen molar-refractivity contribution in [1.82, 2.24) is 0 Å². The zero-order valence-electron chi connectivity index (χ0n) is 25.6. The van der Waals surface area contributed by atoms with Gasteiger partial charge in [-0.15, -0.1) is 0 Å². The Hall–Kier alpha value is -0.395. The molecular weight excluding hydrogens is 595 g/mol. The van der Waals surface area contributed by atoms with Gasteiger partial charge in [-0.2, -0.15) is 0 Å². The summed E-state index contributed by atoms with van der Waals surface area (Å²) in [5, 5.41) is 32.6. The Morgan fingerprint density at radius 1 is 0.432 bits per heavy atom. The van der Waals surface area contributed by atoms with E-state index in [0.29, 0.717) is 38.5 Å². The molecule has 0 spiro atoms. The number of hydrogen-bond donors (Lipinski definition) is 0. The minimum absolute atomic E-state index is 0. The Kier molecular flexibility index (Phi) is 29.1. The van der Waals surface area contributed by atoms with Crippen LogP contribution in [0.2, 0.25) is 0 Å². The molecule has 0 aliphatic carbocycles. The molecule has 0 aliphatic rings. The predicted octanol–water partition coefficient (Wildman–Crippen LogP) is 5.20. The first-order valence-corrected chi connectivity index (χ1v) is 14.5. The third-order valence-electron chi connectivity index (χ3n) is 8.39. The van der Waals surface area contributed by atoms with Crippen molar-refractivity contribution >= 4 is 17.9 Å². The average Bonchev–Trinajstić information content (AvgIpc) is 2.87. The van der Waals surface area contributed by atoms with Gasteiger partial charge in [0.2, 0.25) is 0 Å². The first-order chi connectivity index (χ1) is 16.9. The van der Waals surface area contributed by atoms with Gasteiger partial charge in [-0.05, 0) is 57.8 Å². The fourth-order valence-electron chi connectivity index (χ4n) is 4.53. The van der Waals surface area contributed by atoms with E-state index >= 15 is 0 Å². The molecule has 0 aromatic carbocycles. The summed E-state index contributed by atoms with van der Waals surface area (Å²) in [5.74, 6) is -2.62. The van der Waals surface area contributed by atoms with Crippen LogP contribution >= 0.6 is 0 Å². The van der Waals surface area contributed by atoms with E-state index < -0.39 is 34.2 Å². The molecule has 0 bridgehead atoms. The SMILES string of the molecule is CCCCC(CC)(CC)C(=O)[O-].CCCCC(CC)(CC)C(=O)[O-].CCCCC(CC)(CC)C(=O)[O-].[La+3]. The fourth-order valence-corrected chi connectivity index (χ4v) is 4.53. The van der Waals surface area contributed by atoms with Gasteiger partial charge in [0.15, 0.2) is 0 Å². The molecule has 0 aromatic heterocycles. The van der Waals surface area contributed by atoms with Crippen molar-refractivity contribution in [3.8, 4) is 0 Å². The van der Waals surface area contributed by atoms with E-state index in [1.807, 2.05) is 41.5 Å². The van der Waals surface area contributed by atoms with Crippen LogP contribution in [-0.4, -0.2) is 17.9 Å². The molecule has 0 aromatic rings. The van der Waals surface area contributed by atoms with Gasteiger partial charge in [0.1, 0.15) is 0 Å². The van der Waals surface area contributed by atoms with Gasteiger partial charge in [0.25, 0.3) is 0 Å². The zero-order valence-corrected chi connectivity index (χ0v) is 29.3. The van der Waals surface area contributed by atoms with Crippen LogP contribution in [0.5, 0.6) is 0 Å². The van der Waals surface area contributed by atoms with Gasteiger partial charge in [-0.1, -0.05) is 101 Å². The van der Waals surface area contributed by atoms with Crippen LogP contribution in [0.3, 0.4) is 0 Å². The van der Waals surface area contributed by atoms with Crippen LogP contribution in [-0.2, 0) is 14.4 Å². The minimum Gasteiger partial charge on any atom is -0.550 e. The van der Waals surface area contributed by atoms with Crippen molar-refractivity contribution < 1.29 is 65.3 Å². The van der Waals surface area contributed by atoms with Crippen LogP contribution in [0.15, 0.2) is 0 Å². The van der Waals surface area contributed by atoms with E-state index in [1.54, 1.807) is 0 Å². The maximum absolute atomic E-state index is 10.9. The maximum Gasteiger partial charge on any atom is 3.00 e. The smallest absolute Gasteiger partial charge is 0.550 e. The van der Waals surface area contributed by atoms with E-state index in [4.69, 9.17) is 0 Å². The van der Waals surface area contributed by atoms with Gasteiger partial charge in [0, 0.05) is 34.2 Å². The van der Waals surface area contributed by atoms with Crippen LogP contribution < -0.4 is 15.3 Å². The van der Waals surface area contributed by atoms with Crippen molar-refractivity contribution in [2.45, 2.75) is 159 Å². The first-order valence-electron chi connectivity index (χ1n) is 14.5. The average molecular weight is 653 g/mol. The quantitative estimate of drug-likeness (QED) is 0.201. The largest absolute Gasteiger partial charge is 3.00 e. The number of carbonyl (C=O) groups excluding carboxylic acids is 3. The van der Waals surface area contributed by atoms with E-state index in [0.717, 1.165) is 57.8 Å². The zero-order chi connectivity index (χ0) is 28.8. The van der Waals surface area contributed by atoms with Crippen LogP contribution in [0.4, 0.5) is 0 Å². The third kappa shape index (κ3) is 15.7. The third-order valence-corrected chi connectivity index (χ3v) is 8.39. The maximum atomic E-state index is 10.9. The number of carboxylic acids is 3. The second-order valence-corrected chi connectivity index (χ2v) is 10.1. The molecule has 0 heterocycles. The van der Waals surface area contributed by atoms with Crippen molar-refractivity contribution in [2.24, 2.45) is 16.2 Å². The Morgan fingerprint density at radius 2 is 0.595 bits per heavy atom. The molecule has 216 valence electrons. The topological polar surface area (TPSA) is 120 Å². The number of rotatable bonds is 18. The van der Waals surface area contributed by atoms with Crippen molar-refractivity contribution in [2.75, 3.05) is 0 Å². The number of carbonyl (C=O) groups is 3. The molecule has 0 aliphatic heterocycles. The van der Waals surface area contributed by atoms with Gasteiger partial charge >= 0.3 is 35.6 Å². The van der Waals surface area contributed by atoms with E-state index in [-0.39, 0.29) is 35.6 Å². The van der Waals surface area contributed by atoms with Gasteiger partial charge in [-0.25, -0.2) is 0 Å². The standard InChI is InChI=1S/3C10H20O2.La/c3*1-4-7-8-10(5-2,6-3)9(11)12;/h3*4-8H2,1-3H3,(H,11,12);/q;;;+3/p-3. The molecule has 0 amide bonds. The minimum atomic E-state index is -0.874. The number of carboxylic acid groups (broad SMARTS) is 3. The molecule has 6 nitrogen and oxygen atoms in total. The molecule has 0 radical (unpaired) electrons. The number of aliphatic carboxylic acids is 3. The second kappa shape index (κ2) is 24.6. The molecular formula is C30H57LaO6. The summed E-state index contributed by atoms with van der Waals surface area (Å²) >= 11 is 0. The summed E-state index contributed by atoms with van der Waals surface area (Å²) in [6.07, 6.45) is 12.5. The van der Waals surface area contributed by atoms with E-state index in [1.165, 1.54) is 0 Å². The number of hydrogen-bond acceptors (Lipinski definition) is 6. The molecule has 0 saturated heterocycles. The molecule has 7 heteroatoms.